The topological polar surface area (TPSA) is 71.4 Å². The third-order valence-electron chi connectivity index (χ3n) is 9.37. The minimum Gasteiger partial charge on any atom is -0.463 e. The summed E-state index contributed by atoms with van der Waals surface area (Å²) in [6.45, 7) is 0.452. The van der Waals surface area contributed by atoms with Crippen LogP contribution in [0.4, 0.5) is 23.4 Å². The van der Waals surface area contributed by atoms with Gasteiger partial charge in [0, 0.05) is 22.2 Å². The van der Waals surface area contributed by atoms with E-state index in [1.165, 1.54) is 6.20 Å². The molecule has 0 saturated carbocycles. The largest absolute Gasteiger partial charge is 0.463 e. The summed E-state index contributed by atoms with van der Waals surface area (Å²) >= 11 is 6.49. The van der Waals surface area contributed by atoms with Crippen molar-refractivity contribution in [2.24, 2.45) is 0 Å². The summed E-state index contributed by atoms with van der Waals surface area (Å²) in [6.07, 6.45) is -3.50. The summed E-state index contributed by atoms with van der Waals surface area (Å²) in [5, 5.41) is 12.9. The number of piperazine rings is 1. The number of aromatic nitrogens is 3. The molecular formula is C28H23ClF4N5O2+. The molecule has 0 amide bonds. The lowest BCUT2D eigenvalue weighted by atomic mass is 9.91. The fraction of sp³-hybridized carbons (Fsp3) is 0.393. The van der Waals surface area contributed by atoms with Crippen LogP contribution in [-0.4, -0.2) is 80.7 Å². The van der Waals surface area contributed by atoms with Crippen LogP contribution in [0.25, 0.3) is 32.9 Å². The van der Waals surface area contributed by atoms with Gasteiger partial charge in [-0.1, -0.05) is 41.9 Å². The van der Waals surface area contributed by atoms with Gasteiger partial charge < -0.3 is 14.7 Å². The van der Waals surface area contributed by atoms with Crippen molar-refractivity contribution >= 4 is 39.1 Å². The number of quaternary nitrogens is 1. The van der Waals surface area contributed by atoms with Crippen molar-refractivity contribution in [3.8, 4) is 17.3 Å². The number of hydrogen-bond acceptors (Lipinski definition) is 6. The standard InChI is InChI=1S/C28H23ClF4N5O2/c29-17-6-2-4-13-3-1-5-15(20(13)17)22-21(30)23-16(10-34-22)26(36-27(35-23)40-8-7-28(31,32)33)37-11-14-9-18-24-25(39)19(12-37)38(14,18)24/h1-6,10,14,18-19,24-25,39H,7-9,11-12H2/q+1/t14?,18?,19?,24?,25-,38-/m0/s1. The molecule has 6 heterocycles. The molecule has 0 aliphatic carbocycles. The molecule has 40 heavy (non-hydrogen) atoms. The molecular weight excluding hydrogens is 550 g/mol. The molecule has 6 atom stereocenters. The van der Waals surface area contributed by atoms with E-state index in [0.717, 1.165) is 16.3 Å². The predicted molar refractivity (Wildman–Crippen MR) is 140 cm³/mol. The molecule has 12 heteroatoms. The number of anilines is 1. The molecule has 2 aromatic heterocycles. The first kappa shape index (κ1) is 24.5. The molecule has 0 bridgehead atoms. The average Bonchev–Trinajstić information content (AvgIpc) is 3.33. The summed E-state index contributed by atoms with van der Waals surface area (Å²) < 4.78 is 61.1. The second-order valence-corrected chi connectivity index (χ2v) is 11.6. The minimum atomic E-state index is -4.42. The van der Waals surface area contributed by atoms with Crippen molar-refractivity contribution in [2.75, 3.05) is 24.6 Å². The number of nitrogens with zero attached hydrogens (tertiary/aromatic N) is 5. The predicted octanol–water partition coefficient (Wildman–Crippen LogP) is 4.87. The van der Waals surface area contributed by atoms with E-state index < -0.39 is 31.1 Å². The third-order valence-corrected chi connectivity index (χ3v) is 9.68. The number of alkyl halides is 3. The first-order valence-corrected chi connectivity index (χ1v) is 13.6. The summed E-state index contributed by atoms with van der Waals surface area (Å²) in [5.41, 5.74) is 0.390. The number of hydrogen-bond donors (Lipinski definition) is 1. The van der Waals surface area contributed by atoms with Gasteiger partial charge in [-0.3, -0.25) is 9.47 Å². The first-order chi connectivity index (χ1) is 19.2. The summed E-state index contributed by atoms with van der Waals surface area (Å²) in [4.78, 5) is 15.1. The van der Waals surface area contributed by atoms with E-state index >= 15 is 4.39 Å². The molecule has 1 spiro atoms. The number of aliphatic hydroxyl groups excluding tert-OH is 1. The maximum absolute atomic E-state index is 16.3. The number of halogens is 5. The van der Waals surface area contributed by atoms with Crippen LogP contribution in [0.3, 0.4) is 0 Å². The zero-order valence-corrected chi connectivity index (χ0v) is 21.7. The van der Waals surface area contributed by atoms with Crippen molar-refractivity contribution in [1.82, 2.24) is 15.0 Å². The van der Waals surface area contributed by atoms with Crippen LogP contribution in [-0.2, 0) is 0 Å². The second kappa shape index (κ2) is 8.14. The Morgan fingerprint density at radius 2 is 1.90 bits per heavy atom. The maximum atomic E-state index is 16.3. The average molecular weight is 573 g/mol. The summed E-state index contributed by atoms with van der Waals surface area (Å²) in [5.74, 6) is -0.396. The lowest BCUT2D eigenvalue weighted by Crippen LogP contribution is -2.76. The highest BCUT2D eigenvalue weighted by atomic mass is 35.5. The molecule has 4 fully saturated rings. The molecule has 0 radical (unpaired) electrons. The molecule has 2 aromatic carbocycles. The maximum Gasteiger partial charge on any atom is 0.392 e. The Hall–Kier alpha value is -3.28. The lowest BCUT2D eigenvalue weighted by Gasteiger charge is -2.55. The summed E-state index contributed by atoms with van der Waals surface area (Å²) in [6, 6.07) is 11.6. The van der Waals surface area contributed by atoms with Crippen molar-refractivity contribution in [3.63, 3.8) is 0 Å². The Balaban J connectivity index is 1.25. The van der Waals surface area contributed by atoms with Crippen molar-refractivity contribution in [1.29, 1.82) is 0 Å². The summed E-state index contributed by atoms with van der Waals surface area (Å²) in [7, 11) is 0. The highest BCUT2D eigenvalue weighted by molar-refractivity contribution is 6.36. The number of aliphatic hydroxyl groups is 1. The highest BCUT2D eigenvalue weighted by Crippen LogP contribution is 2.69. The number of fused-ring (bicyclic) bond motifs is 3. The molecule has 7 nitrogen and oxygen atoms in total. The van der Waals surface area contributed by atoms with E-state index in [2.05, 4.69) is 15.0 Å². The quantitative estimate of drug-likeness (QED) is 0.209. The van der Waals surface area contributed by atoms with Gasteiger partial charge in [-0.05, 0) is 11.5 Å². The van der Waals surface area contributed by atoms with Crippen LogP contribution in [0.15, 0.2) is 42.6 Å². The van der Waals surface area contributed by atoms with E-state index in [1.54, 1.807) is 24.3 Å². The van der Waals surface area contributed by atoms with Gasteiger partial charge in [0.2, 0.25) is 0 Å². The zero-order chi connectivity index (χ0) is 27.6. The van der Waals surface area contributed by atoms with Crippen LogP contribution in [0, 0.1) is 5.82 Å². The Bertz CT molecular complexity index is 1710. The van der Waals surface area contributed by atoms with Crippen molar-refractivity contribution in [2.45, 2.75) is 49.3 Å². The van der Waals surface area contributed by atoms with Gasteiger partial charge in [-0.25, -0.2) is 4.39 Å². The molecule has 4 aliphatic rings. The molecule has 4 aliphatic heterocycles. The van der Waals surface area contributed by atoms with Crippen LogP contribution < -0.4 is 9.64 Å². The Kier molecular flexibility index (Phi) is 4.99. The fourth-order valence-corrected chi connectivity index (χ4v) is 7.99. The van der Waals surface area contributed by atoms with Gasteiger partial charge in [-0.2, -0.15) is 23.1 Å². The first-order valence-electron chi connectivity index (χ1n) is 13.2. The fourth-order valence-electron chi connectivity index (χ4n) is 7.71. The van der Waals surface area contributed by atoms with Gasteiger partial charge in [-0.15, -0.1) is 0 Å². The Labute approximate surface area is 230 Å². The van der Waals surface area contributed by atoms with E-state index in [0.29, 0.717) is 58.4 Å². The Morgan fingerprint density at radius 1 is 1.10 bits per heavy atom. The molecule has 4 aromatic rings. The SMILES string of the molecule is O[C@H]1C2CN(c3nc(OCCC(F)(F)F)nc4c(F)c(-c5cccc6cccc(Cl)c56)ncc34)CC3CC4C1[N@@+]342. The normalized spacial score (nSPS) is 29.9. The van der Waals surface area contributed by atoms with Crippen LogP contribution >= 0.6 is 11.6 Å². The molecule has 8 rings (SSSR count). The van der Waals surface area contributed by atoms with Gasteiger partial charge in [0.1, 0.15) is 35.7 Å². The molecule has 4 unspecified atom stereocenters. The van der Waals surface area contributed by atoms with Crippen LogP contribution in [0.2, 0.25) is 5.02 Å². The number of pyridine rings is 1. The van der Waals surface area contributed by atoms with Crippen molar-refractivity contribution < 1.29 is 31.9 Å². The van der Waals surface area contributed by atoms with Gasteiger partial charge in [0.25, 0.3) is 0 Å². The number of ether oxygens (including phenoxy) is 1. The van der Waals surface area contributed by atoms with E-state index in [4.69, 9.17) is 16.3 Å². The smallest absolute Gasteiger partial charge is 0.392 e. The van der Waals surface area contributed by atoms with E-state index in [-0.39, 0.29) is 23.3 Å². The third kappa shape index (κ3) is 3.22. The zero-order valence-electron chi connectivity index (χ0n) is 20.9. The highest BCUT2D eigenvalue weighted by Gasteiger charge is 2.93. The van der Waals surface area contributed by atoms with E-state index in [9.17, 15) is 18.3 Å². The minimum absolute atomic E-state index is 0.0171. The Morgan fingerprint density at radius 3 is 2.67 bits per heavy atom. The molecule has 206 valence electrons. The van der Waals surface area contributed by atoms with Gasteiger partial charge in [0.05, 0.1) is 31.3 Å². The second-order valence-electron chi connectivity index (χ2n) is 11.2. The van der Waals surface area contributed by atoms with Gasteiger partial charge >= 0.3 is 12.2 Å². The number of benzene rings is 2. The monoisotopic (exact) mass is 572 g/mol. The molecule has 4 saturated heterocycles. The van der Waals surface area contributed by atoms with Crippen LogP contribution in [0.1, 0.15) is 12.8 Å². The van der Waals surface area contributed by atoms with E-state index in [1.807, 2.05) is 17.0 Å². The van der Waals surface area contributed by atoms with Crippen molar-refractivity contribution in [3.05, 3.63) is 53.4 Å². The lowest BCUT2D eigenvalue weighted by molar-refractivity contribution is -0.949. The molecule has 1 N–H and O–H groups in total. The van der Waals surface area contributed by atoms with Crippen LogP contribution in [0.5, 0.6) is 6.01 Å². The van der Waals surface area contributed by atoms with Gasteiger partial charge in [0.15, 0.2) is 24.0 Å². The number of rotatable bonds is 5.